The van der Waals surface area contributed by atoms with Crippen LogP contribution in [0.2, 0.25) is 5.02 Å². The lowest BCUT2D eigenvalue weighted by Gasteiger charge is -2.09. The van der Waals surface area contributed by atoms with Crippen molar-refractivity contribution in [2.75, 3.05) is 5.32 Å². The number of nitrogens with zero attached hydrogens (tertiary/aromatic N) is 1. The van der Waals surface area contributed by atoms with Crippen molar-refractivity contribution in [3.63, 3.8) is 0 Å². The fourth-order valence-electron chi connectivity index (χ4n) is 2.84. The van der Waals surface area contributed by atoms with E-state index in [2.05, 4.69) is 10.3 Å². The van der Waals surface area contributed by atoms with Gasteiger partial charge in [-0.3, -0.25) is 9.78 Å². The second-order valence-corrected chi connectivity index (χ2v) is 6.33. The second-order valence-electron chi connectivity index (χ2n) is 5.89. The molecular formula is C21H15ClN2O2. The van der Waals surface area contributed by atoms with Crippen LogP contribution in [0.15, 0.2) is 67.0 Å². The summed E-state index contributed by atoms with van der Waals surface area (Å²) in [6, 6.07) is 16.8. The summed E-state index contributed by atoms with van der Waals surface area (Å²) in [7, 11) is 0. The number of fused-ring (bicyclic) bond motifs is 1. The molecule has 0 bridgehead atoms. The fraction of sp³-hybridized carbons (Fsp3) is 0.0476. The molecule has 2 aromatic carbocycles. The standard InChI is InChI=1S/C21H15ClN2O2/c22-16-7-8-17-18(21(25)24-19(17)11-16)10-15-5-1-2-6-20(15)26-13-14-4-3-9-23-12-14/h1-12H,13H2,(H,24,25)/b18-10+. The average molecular weight is 363 g/mol. The minimum Gasteiger partial charge on any atom is -0.488 e. The van der Waals surface area contributed by atoms with Crippen LogP contribution in [0.25, 0.3) is 11.6 Å². The van der Waals surface area contributed by atoms with Gasteiger partial charge in [0.25, 0.3) is 5.91 Å². The van der Waals surface area contributed by atoms with Crippen LogP contribution in [0.4, 0.5) is 5.69 Å². The van der Waals surface area contributed by atoms with Crippen LogP contribution >= 0.6 is 11.6 Å². The highest BCUT2D eigenvalue weighted by Gasteiger charge is 2.24. The normalized spacial score (nSPS) is 14.2. The number of ether oxygens (including phenoxy) is 1. The first-order chi connectivity index (χ1) is 12.7. The SMILES string of the molecule is O=C1Nc2cc(Cl)ccc2/C1=C\c1ccccc1OCc1cccnc1. The molecule has 2 heterocycles. The summed E-state index contributed by atoms with van der Waals surface area (Å²) in [6.07, 6.45) is 5.34. The Morgan fingerprint density at radius 1 is 1.12 bits per heavy atom. The number of hydrogen-bond acceptors (Lipinski definition) is 3. The van der Waals surface area contributed by atoms with E-state index in [1.165, 1.54) is 0 Å². The van der Waals surface area contributed by atoms with Gasteiger partial charge < -0.3 is 10.1 Å². The van der Waals surface area contributed by atoms with E-state index >= 15 is 0 Å². The topological polar surface area (TPSA) is 51.2 Å². The van der Waals surface area contributed by atoms with Gasteiger partial charge in [-0.1, -0.05) is 41.9 Å². The molecule has 1 amide bonds. The molecule has 4 rings (SSSR count). The van der Waals surface area contributed by atoms with Crippen LogP contribution in [0.1, 0.15) is 16.7 Å². The monoisotopic (exact) mass is 362 g/mol. The first-order valence-corrected chi connectivity index (χ1v) is 8.52. The number of rotatable bonds is 4. The maximum absolute atomic E-state index is 12.4. The quantitative estimate of drug-likeness (QED) is 0.678. The first-order valence-electron chi connectivity index (χ1n) is 8.14. The lowest BCUT2D eigenvalue weighted by Crippen LogP contribution is -2.04. The number of carbonyl (C=O) groups is 1. The summed E-state index contributed by atoms with van der Waals surface area (Å²) < 4.78 is 5.94. The molecule has 0 atom stereocenters. The van der Waals surface area contributed by atoms with Crippen LogP contribution in [-0.4, -0.2) is 10.9 Å². The molecule has 128 valence electrons. The van der Waals surface area contributed by atoms with Crippen molar-refractivity contribution in [1.29, 1.82) is 0 Å². The van der Waals surface area contributed by atoms with Crippen LogP contribution in [0.5, 0.6) is 5.75 Å². The smallest absolute Gasteiger partial charge is 0.256 e. The van der Waals surface area contributed by atoms with Gasteiger partial charge in [0.15, 0.2) is 0 Å². The van der Waals surface area contributed by atoms with E-state index in [-0.39, 0.29) is 5.91 Å². The van der Waals surface area contributed by atoms with E-state index in [0.717, 1.165) is 22.4 Å². The number of carbonyl (C=O) groups excluding carboxylic acids is 1. The van der Waals surface area contributed by atoms with E-state index in [0.29, 0.717) is 23.0 Å². The molecule has 26 heavy (non-hydrogen) atoms. The molecule has 5 heteroatoms. The molecule has 0 unspecified atom stereocenters. The number of halogens is 1. The Kier molecular flexibility index (Phi) is 4.42. The molecule has 0 aliphatic carbocycles. The molecule has 1 aliphatic rings. The predicted octanol–water partition coefficient (Wildman–Crippen LogP) is 4.81. The van der Waals surface area contributed by atoms with Gasteiger partial charge in [-0.2, -0.15) is 0 Å². The number of aromatic nitrogens is 1. The number of para-hydroxylation sites is 1. The van der Waals surface area contributed by atoms with Crippen LogP contribution in [0, 0.1) is 0 Å². The highest BCUT2D eigenvalue weighted by Crippen LogP contribution is 2.36. The molecule has 0 saturated carbocycles. The lowest BCUT2D eigenvalue weighted by atomic mass is 10.0. The largest absolute Gasteiger partial charge is 0.488 e. The van der Waals surface area contributed by atoms with Crippen molar-refractivity contribution in [2.45, 2.75) is 6.61 Å². The van der Waals surface area contributed by atoms with Crippen molar-refractivity contribution in [2.24, 2.45) is 0 Å². The number of pyridine rings is 1. The predicted molar refractivity (Wildman–Crippen MR) is 103 cm³/mol. The number of nitrogens with one attached hydrogen (secondary N) is 1. The zero-order valence-electron chi connectivity index (χ0n) is 13.8. The fourth-order valence-corrected chi connectivity index (χ4v) is 3.01. The summed E-state index contributed by atoms with van der Waals surface area (Å²) in [5.41, 5.74) is 3.97. The minimum absolute atomic E-state index is 0.149. The summed E-state index contributed by atoms with van der Waals surface area (Å²) in [6.45, 7) is 0.409. The Hall–Kier alpha value is -3.11. The Bertz CT molecular complexity index is 1000. The molecule has 1 aromatic heterocycles. The molecule has 0 spiro atoms. The Morgan fingerprint density at radius 3 is 2.85 bits per heavy atom. The third-order valence-electron chi connectivity index (χ3n) is 4.10. The van der Waals surface area contributed by atoms with Gasteiger partial charge >= 0.3 is 0 Å². The van der Waals surface area contributed by atoms with Gasteiger partial charge in [-0.25, -0.2) is 0 Å². The van der Waals surface area contributed by atoms with Gasteiger partial charge in [-0.15, -0.1) is 0 Å². The summed E-state index contributed by atoms with van der Waals surface area (Å²) in [5, 5.41) is 3.43. The number of anilines is 1. The summed E-state index contributed by atoms with van der Waals surface area (Å²) in [5.74, 6) is 0.559. The van der Waals surface area contributed by atoms with Gasteiger partial charge in [0.05, 0.1) is 5.69 Å². The Balaban J connectivity index is 1.65. The van der Waals surface area contributed by atoms with Gasteiger partial charge in [0.2, 0.25) is 0 Å². The van der Waals surface area contributed by atoms with E-state index in [4.69, 9.17) is 16.3 Å². The average Bonchev–Trinajstić information content (AvgIpc) is 2.96. The highest BCUT2D eigenvalue weighted by molar-refractivity contribution is 6.36. The van der Waals surface area contributed by atoms with Gasteiger partial charge in [0.1, 0.15) is 12.4 Å². The van der Waals surface area contributed by atoms with Gasteiger partial charge in [0, 0.05) is 39.7 Å². The molecule has 0 saturated heterocycles. The Labute approximate surface area is 156 Å². The van der Waals surface area contributed by atoms with Crippen LogP contribution < -0.4 is 10.1 Å². The molecule has 3 aromatic rings. The molecule has 1 aliphatic heterocycles. The number of amides is 1. The van der Waals surface area contributed by atoms with E-state index in [1.807, 2.05) is 48.5 Å². The molecule has 0 radical (unpaired) electrons. The zero-order valence-corrected chi connectivity index (χ0v) is 14.5. The van der Waals surface area contributed by atoms with Crippen LogP contribution in [-0.2, 0) is 11.4 Å². The second kappa shape index (κ2) is 7.02. The third kappa shape index (κ3) is 3.32. The minimum atomic E-state index is -0.149. The van der Waals surface area contributed by atoms with E-state index in [1.54, 1.807) is 24.5 Å². The molecular weight excluding hydrogens is 348 g/mol. The van der Waals surface area contributed by atoms with E-state index < -0.39 is 0 Å². The molecule has 1 N–H and O–H groups in total. The maximum Gasteiger partial charge on any atom is 0.256 e. The van der Waals surface area contributed by atoms with Gasteiger partial charge in [-0.05, 0) is 30.3 Å². The Morgan fingerprint density at radius 2 is 2.00 bits per heavy atom. The van der Waals surface area contributed by atoms with Crippen molar-refractivity contribution < 1.29 is 9.53 Å². The maximum atomic E-state index is 12.4. The van der Waals surface area contributed by atoms with Crippen LogP contribution in [0.3, 0.4) is 0 Å². The molecule has 4 nitrogen and oxygen atoms in total. The van der Waals surface area contributed by atoms with Crippen molar-refractivity contribution in [3.05, 3.63) is 88.7 Å². The van der Waals surface area contributed by atoms with E-state index in [9.17, 15) is 4.79 Å². The number of benzene rings is 2. The lowest BCUT2D eigenvalue weighted by molar-refractivity contribution is -0.110. The zero-order chi connectivity index (χ0) is 17.9. The van der Waals surface area contributed by atoms with Crippen molar-refractivity contribution in [3.8, 4) is 5.75 Å². The summed E-state index contributed by atoms with van der Waals surface area (Å²) >= 11 is 6.01. The highest BCUT2D eigenvalue weighted by atomic mass is 35.5. The van der Waals surface area contributed by atoms with Crippen molar-refractivity contribution >= 4 is 34.8 Å². The third-order valence-corrected chi connectivity index (χ3v) is 4.34. The first kappa shape index (κ1) is 16.4. The summed E-state index contributed by atoms with van der Waals surface area (Å²) in [4.78, 5) is 16.5. The number of hydrogen-bond donors (Lipinski definition) is 1. The van der Waals surface area contributed by atoms with Crippen molar-refractivity contribution in [1.82, 2.24) is 4.98 Å². The molecule has 0 fully saturated rings.